The van der Waals surface area contributed by atoms with Crippen LogP contribution in [0.1, 0.15) is 30.1 Å². The fourth-order valence-electron chi connectivity index (χ4n) is 3.79. The molecule has 1 aliphatic rings. The Bertz CT molecular complexity index is 1070. The van der Waals surface area contributed by atoms with Crippen LogP contribution in [0.3, 0.4) is 0 Å². The topological polar surface area (TPSA) is 60.1 Å². The molecule has 4 rings (SSSR count). The maximum Gasteiger partial charge on any atom is 0.350 e. The van der Waals surface area contributed by atoms with Crippen molar-refractivity contribution in [3.63, 3.8) is 0 Å². The molecule has 29 heavy (non-hydrogen) atoms. The predicted molar refractivity (Wildman–Crippen MR) is 113 cm³/mol. The Labute approximate surface area is 169 Å². The minimum Gasteiger partial charge on any atom is -0.338 e. The monoisotopic (exact) mass is 388 g/mol. The van der Waals surface area contributed by atoms with Gasteiger partial charge in [0.05, 0.1) is 5.69 Å². The summed E-state index contributed by atoms with van der Waals surface area (Å²) in [6, 6.07) is 19.3. The van der Waals surface area contributed by atoms with Crippen molar-refractivity contribution in [1.82, 2.24) is 19.2 Å². The second kappa shape index (κ2) is 8.31. The summed E-state index contributed by atoms with van der Waals surface area (Å²) in [6.45, 7) is 1.28. The molecule has 1 aliphatic heterocycles. The highest BCUT2D eigenvalue weighted by atomic mass is 16.2. The molecule has 148 valence electrons. The van der Waals surface area contributed by atoms with Gasteiger partial charge in [-0.1, -0.05) is 48.5 Å². The number of para-hydroxylation sites is 1. The third-order valence-electron chi connectivity index (χ3n) is 5.28. The van der Waals surface area contributed by atoms with Crippen LogP contribution in [0.15, 0.2) is 71.5 Å². The van der Waals surface area contributed by atoms with Crippen molar-refractivity contribution in [2.24, 2.45) is 7.05 Å². The molecule has 2 heterocycles. The van der Waals surface area contributed by atoms with Gasteiger partial charge < -0.3 is 4.90 Å². The van der Waals surface area contributed by atoms with Crippen LogP contribution in [0.2, 0.25) is 0 Å². The summed E-state index contributed by atoms with van der Waals surface area (Å²) in [4.78, 5) is 27.2. The van der Waals surface area contributed by atoms with Crippen molar-refractivity contribution in [1.29, 1.82) is 0 Å². The summed E-state index contributed by atoms with van der Waals surface area (Å²) in [5.74, 6) is 0.725. The number of nitrogens with zero attached hydrogens (tertiary/aromatic N) is 4. The second-order valence-corrected chi connectivity index (χ2v) is 7.30. The van der Waals surface area contributed by atoms with Crippen LogP contribution in [-0.2, 0) is 11.8 Å². The van der Waals surface area contributed by atoms with E-state index in [0.29, 0.717) is 12.4 Å². The number of carbonyl (C=O) groups excluding carboxylic acids is 1. The quantitative estimate of drug-likeness (QED) is 0.646. The van der Waals surface area contributed by atoms with E-state index in [2.05, 4.69) is 5.10 Å². The third kappa shape index (κ3) is 4.06. The van der Waals surface area contributed by atoms with Gasteiger partial charge in [-0.25, -0.2) is 14.0 Å². The summed E-state index contributed by atoms with van der Waals surface area (Å²) >= 11 is 0. The largest absolute Gasteiger partial charge is 0.350 e. The number of aromatic nitrogens is 3. The van der Waals surface area contributed by atoms with E-state index < -0.39 is 0 Å². The zero-order valence-electron chi connectivity index (χ0n) is 16.4. The number of aryl methyl sites for hydroxylation is 1. The molecule has 1 aromatic heterocycles. The molecule has 1 atom stereocenters. The summed E-state index contributed by atoms with van der Waals surface area (Å²) in [6.07, 6.45) is 5.25. The fraction of sp³-hybridized carbons (Fsp3) is 0.261. The van der Waals surface area contributed by atoms with E-state index in [4.69, 9.17) is 0 Å². The Morgan fingerprint density at radius 3 is 2.48 bits per heavy atom. The number of hydrogen-bond donors (Lipinski definition) is 0. The molecule has 1 amide bonds. The molecule has 1 unspecified atom stereocenters. The summed E-state index contributed by atoms with van der Waals surface area (Å²) in [7, 11) is 1.67. The van der Waals surface area contributed by atoms with Crippen LogP contribution in [0.5, 0.6) is 0 Å². The Hall–Kier alpha value is -3.41. The summed E-state index contributed by atoms with van der Waals surface area (Å²) < 4.78 is 3.04. The summed E-state index contributed by atoms with van der Waals surface area (Å²) in [5, 5.41) is 4.51. The summed E-state index contributed by atoms with van der Waals surface area (Å²) in [5.41, 5.74) is 1.63. The van der Waals surface area contributed by atoms with E-state index in [1.54, 1.807) is 17.7 Å². The molecule has 0 radical (unpaired) electrons. The molecule has 1 saturated heterocycles. The van der Waals surface area contributed by atoms with E-state index in [9.17, 15) is 9.59 Å². The number of rotatable bonds is 4. The molecular weight excluding hydrogens is 364 g/mol. The zero-order valence-corrected chi connectivity index (χ0v) is 16.4. The van der Waals surface area contributed by atoms with Crippen molar-refractivity contribution in [2.75, 3.05) is 13.1 Å². The molecule has 6 nitrogen and oxygen atoms in total. The van der Waals surface area contributed by atoms with Gasteiger partial charge in [-0.15, -0.1) is 0 Å². The van der Waals surface area contributed by atoms with E-state index in [1.807, 2.05) is 71.6 Å². The Morgan fingerprint density at radius 1 is 1.07 bits per heavy atom. The minimum absolute atomic E-state index is 0.0110. The Balaban J connectivity index is 1.56. The van der Waals surface area contributed by atoms with Gasteiger partial charge in [0.1, 0.15) is 5.82 Å². The molecule has 0 aliphatic carbocycles. The van der Waals surface area contributed by atoms with Gasteiger partial charge in [-0.3, -0.25) is 4.79 Å². The van der Waals surface area contributed by atoms with Gasteiger partial charge in [0.2, 0.25) is 5.91 Å². The van der Waals surface area contributed by atoms with E-state index in [-0.39, 0.29) is 17.5 Å². The molecule has 0 spiro atoms. The number of carbonyl (C=O) groups is 1. The first-order valence-electron chi connectivity index (χ1n) is 9.87. The lowest BCUT2D eigenvalue weighted by Gasteiger charge is -2.31. The van der Waals surface area contributed by atoms with Crippen LogP contribution in [0.25, 0.3) is 11.8 Å². The minimum atomic E-state index is -0.168. The van der Waals surface area contributed by atoms with Crippen molar-refractivity contribution < 1.29 is 4.79 Å². The smallest absolute Gasteiger partial charge is 0.338 e. The highest BCUT2D eigenvalue weighted by Gasteiger charge is 2.29. The number of likely N-dealkylation sites (tertiary alicyclic amines) is 1. The number of hydrogen-bond acceptors (Lipinski definition) is 3. The first-order chi connectivity index (χ1) is 14.1. The van der Waals surface area contributed by atoms with Crippen molar-refractivity contribution in [2.45, 2.75) is 18.8 Å². The predicted octanol–water partition coefficient (Wildman–Crippen LogP) is 2.99. The first-order valence-corrected chi connectivity index (χ1v) is 9.87. The molecule has 6 heteroatoms. The van der Waals surface area contributed by atoms with Gasteiger partial charge in [0, 0.05) is 32.1 Å². The first kappa shape index (κ1) is 18.9. The van der Waals surface area contributed by atoms with Crippen LogP contribution in [0, 0.1) is 0 Å². The van der Waals surface area contributed by atoms with E-state index in [0.717, 1.165) is 30.6 Å². The van der Waals surface area contributed by atoms with Crippen LogP contribution >= 0.6 is 0 Å². The van der Waals surface area contributed by atoms with Gasteiger partial charge in [0.15, 0.2) is 0 Å². The SMILES string of the molecule is Cn1nc(C2CCCN(C(=O)C=Cc3ccccc3)C2)n(-c2ccccc2)c1=O. The van der Waals surface area contributed by atoms with Crippen LogP contribution < -0.4 is 5.69 Å². The number of piperidine rings is 1. The maximum atomic E-state index is 12.7. The van der Waals surface area contributed by atoms with E-state index >= 15 is 0 Å². The lowest BCUT2D eigenvalue weighted by Crippen LogP contribution is -2.39. The zero-order chi connectivity index (χ0) is 20.2. The van der Waals surface area contributed by atoms with Crippen molar-refractivity contribution in [3.8, 4) is 5.69 Å². The second-order valence-electron chi connectivity index (χ2n) is 7.30. The van der Waals surface area contributed by atoms with Gasteiger partial charge >= 0.3 is 5.69 Å². The molecular formula is C23H24N4O2. The molecule has 0 bridgehead atoms. The number of amides is 1. The van der Waals surface area contributed by atoms with Crippen molar-refractivity contribution >= 4 is 12.0 Å². The third-order valence-corrected chi connectivity index (χ3v) is 5.28. The fourth-order valence-corrected chi connectivity index (χ4v) is 3.79. The molecule has 0 N–H and O–H groups in total. The Morgan fingerprint density at radius 2 is 1.76 bits per heavy atom. The van der Waals surface area contributed by atoms with Crippen LogP contribution in [-0.4, -0.2) is 38.2 Å². The average Bonchev–Trinajstić information content (AvgIpc) is 3.08. The van der Waals surface area contributed by atoms with Crippen LogP contribution in [0.4, 0.5) is 0 Å². The average molecular weight is 388 g/mol. The van der Waals surface area contributed by atoms with E-state index in [1.165, 1.54) is 4.68 Å². The lowest BCUT2D eigenvalue weighted by atomic mass is 9.97. The molecule has 0 saturated carbocycles. The molecule has 1 fully saturated rings. The lowest BCUT2D eigenvalue weighted by molar-refractivity contribution is -0.127. The van der Waals surface area contributed by atoms with Gasteiger partial charge in [-0.05, 0) is 36.6 Å². The molecule has 3 aromatic rings. The highest BCUT2D eigenvalue weighted by molar-refractivity contribution is 5.91. The highest BCUT2D eigenvalue weighted by Crippen LogP contribution is 2.26. The standard InChI is InChI=1S/C23H24N4O2/c1-25-23(29)27(20-12-6-3-7-13-20)22(24-25)19-11-8-16-26(17-19)21(28)15-14-18-9-4-2-5-10-18/h2-7,9-10,12-15,19H,8,11,16-17H2,1H3. The van der Waals surface area contributed by atoms with Crippen molar-refractivity contribution in [3.05, 3.63) is 88.6 Å². The molecule has 2 aromatic carbocycles. The van der Waals surface area contributed by atoms with Gasteiger partial charge in [-0.2, -0.15) is 5.10 Å². The Kier molecular flexibility index (Phi) is 5.42. The maximum absolute atomic E-state index is 12.7. The number of benzene rings is 2. The normalized spacial score (nSPS) is 17.0. The van der Waals surface area contributed by atoms with Gasteiger partial charge in [0.25, 0.3) is 0 Å².